The third-order valence-corrected chi connectivity index (χ3v) is 3.98. The van der Waals surface area contributed by atoms with Crippen molar-refractivity contribution < 1.29 is 9.53 Å². The number of para-hydroxylation sites is 1. The molecular formula is C18H15N5O3. The van der Waals surface area contributed by atoms with E-state index in [9.17, 15) is 9.59 Å². The molecule has 130 valence electrons. The Labute approximate surface area is 147 Å². The molecule has 8 heteroatoms. The summed E-state index contributed by atoms with van der Waals surface area (Å²) < 4.78 is 5.18. The van der Waals surface area contributed by atoms with Crippen molar-refractivity contribution in [3.05, 3.63) is 68.8 Å². The molecule has 4 rings (SSSR count). The molecule has 1 aliphatic rings. The van der Waals surface area contributed by atoms with Crippen molar-refractivity contribution in [2.45, 2.75) is 6.92 Å². The standard InChI is InChI=1S/C18H15N5O3/c1-2-26-18(25)14-10-5-3-4-6-12(10)21-13(14)9-11-15(22-23-17(11)24)16-19-7-8-20-16/h3-9H,2H2,1H3,(H,19,20)(H2,22,23,24). The van der Waals surface area contributed by atoms with Crippen molar-refractivity contribution >= 4 is 17.6 Å². The molecule has 26 heavy (non-hydrogen) atoms. The number of ether oxygens (including phenoxy) is 1. The van der Waals surface area contributed by atoms with Crippen LogP contribution >= 0.6 is 0 Å². The number of nitrogens with zero attached hydrogens (tertiary/aromatic N) is 2. The van der Waals surface area contributed by atoms with E-state index in [0.29, 0.717) is 38.9 Å². The highest BCUT2D eigenvalue weighted by Gasteiger charge is 2.23. The summed E-state index contributed by atoms with van der Waals surface area (Å²) in [7, 11) is 0. The predicted molar refractivity (Wildman–Crippen MR) is 94.2 cm³/mol. The van der Waals surface area contributed by atoms with Crippen molar-refractivity contribution in [3.8, 4) is 11.5 Å². The smallest absolute Gasteiger partial charge is 0.341 e. The molecule has 0 saturated heterocycles. The summed E-state index contributed by atoms with van der Waals surface area (Å²) in [6, 6.07) is 7.28. The van der Waals surface area contributed by atoms with Gasteiger partial charge in [-0.05, 0) is 19.1 Å². The number of aromatic nitrogens is 4. The maximum Gasteiger partial charge on any atom is 0.341 e. The van der Waals surface area contributed by atoms with Gasteiger partial charge in [0.15, 0.2) is 5.82 Å². The van der Waals surface area contributed by atoms with E-state index in [-0.39, 0.29) is 12.2 Å². The SMILES string of the molecule is CCOC(=O)C1=c2ccccc2=NC1=Cc1c(-c2ncc[nH]2)[nH][nH]c1=O. The van der Waals surface area contributed by atoms with Crippen molar-refractivity contribution in [1.29, 1.82) is 0 Å². The fourth-order valence-electron chi connectivity index (χ4n) is 2.86. The number of fused-ring (bicyclic) bond motifs is 1. The van der Waals surface area contributed by atoms with E-state index in [1.807, 2.05) is 18.2 Å². The molecule has 1 aliphatic heterocycles. The van der Waals surface area contributed by atoms with Crippen molar-refractivity contribution in [3.63, 3.8) is 0 Å². The molecule has 0 amide bonds. The summed E-state index contributed by atoms with van der Waals surface area (Å²) in [6.07, 6.45) is 4.81. The largest absolute Gasteiger partial charge is 0.462 e. The second-order valence-electron chi connectivity index (χ2n) is 5.56. The number of imidazole rings is 1. The predicted octanol–water partition coefficient (Wildman–Crippen LogP) is 0.481. The number of esters is 1. The second-order valence-corrected chi connectivity index (χ2v) is 5.56. The van der Waals surface area contributed by atoms with Crippen LogP contribution in [0, 0.1) is 0 Å². The lowest BCUT2D eigenvalue weighted by atomic mass is 10.1. The van der Waals surface area contributed by atoms with Gasteiger partial charge in [0.05, 0.1) is 28.8 Å². The molecule has 8 nitrogen and oxygen atoms in total. The molecule has 1 aromatic carbocycles. The average Bonchev–Trinajstić information content (AvgIpc) is 3.35. The first-order valence-electron chi connectivity index (χ1n) is 8.06. The maximum atomic E-state index is 12.5. The number of hydrogen-bond donors (Lipinski definition) is 3. The summed E-state index contributed by atoms with van der Waals surface area (Å²) >= 11 is 0. The Hall–Kier alpha value is -3.68. The Morgan fingerprint density at radius 1 is 1.27 bits per heavy atom. The normalized spacial score (nSPS) is 14.3. The van der Waals surface area contributed by atoms with Crippen molar-refractivity contribution in [1.82, 2.24) is 20.2 Å². The molecule has 0 unspecified atom stereocenters. The summed E-state index contributed by atoms with van der Waals surface area (Å²) in [5.74, 6) is 0.0300. The molecule has 0 aliphatic carbocycles. The Kier molecular flexibility index (Phi) is 3.85. The van der Waals surface area contributed by atoms with Gasteiger partial charge in [-0.1, -0.05) is 18.2 Å². The first-order chi connectivity index (χ1) is 12.7. The highest BCUT2D eigenvalue weighted by atomic mass is 16.5. The van der Waals surface area contributed by atoms with Gasteiger partial charge in [0.2, 0.25) is 0 Å². The third-order valence-electron chi connectivity index (χ3n) is 3.98. The fourth-order valence-corrected chi connectivity index (χ4v) is 2.86. The number of aromatic amines is 3. The van der Waals surface area contributed by atoms with Crippen LogP contribution in [0.2, 0.25) is 0 Å². The Morgan fingerprint density at radius 2 is 2.12 bits per heavy atom. The molecule has 0 fully saturated rings. The van der Waals surface area contributed by atoms with E-state index in [0.717, 1.165) is 0 Å². The van der Waals surface area contributed by atoms with Gasteiger partial charge in [-0.25, -0.2) is 14.8 Å². The minimum Gasteiger partial charge on any atom is -0.462 e. The number of nitrogens with one attached hydrogen (secondary N) is 3. The third kappa shape index (κ3) is 2.57. The molecule has 0 bridgehead atoms. The molecule has 3 N–H and O–H groups in total. The number of H-pyrrole nitrogens is 3. The molecule has 2 aromatic heterocycles. The van der Waals surface area contributed by atoms with E-state index < -0.39 is 5.97 Å². The van der Waals surface area contributed by atoms with Gasteiger partial charge in [-0.2, -0.15) is 0 Å². The van der Waals surface area contributed by atoms with Crippen molar-refractivity contribution in [2.24, 2.45) is 4.99 Å². The minimum absolute atomic E-state index is 0.250. The summed E-state index contributed by atoms with van der Waals surface area (Å²) in [5, 5.41) is 6.68. The lowest BCUT2D eigenvalue weighted by Crippen LogP contribution is -2.25. The molecule has 0 spiro atoms. The number of carbonyl (C=O) groups excluding carboxylic acids is 1. The average molecular weight is 349 g/mol. The van der Waals surface area contributed by atoms with Crippen LogP contribution in [-0.2, 0) is 9.53 Å². The molecule has 0 atom stereocenters. The van der Waals surface area contributed by atoms with Crippen LogP contribution in [-0.4, -0.2) is 32.7 Å². The zero-order chi connectivity index (χ0) is 18.1. The van der Waals surface area contributed by atoms with Crippen LogP contribution in [0.15, 0.2) is 52.1 Å². The van der Waals surface area contributed by atoms with Crippen LogP contribution in [0.1, 0.15) is 12.5 Å². The topological polar surface area (TPSA) is 116 Å². The van der Waals surface area contributed by atoms with Crippen LogP contribution in [0.5, 0.6) is 0 Å². The highest BCUT2D eigenvalue weighted by Crippen LogP contribution is 2.22. The molecular weight excluding hydrogens is 334 g/mol. The van der Waals surface area contributed by atoms with E-state index in [2.05, 4.69) is 25.2 Å². The fraction of sp³-hybridized carbons (Fsp3) is 0.111. The maximum absolute atomic E-state index is 12.5. The zero-order valence-corrected chi connectivity index (χ0v) is 13.9. The van der Waals surface area contributed by atoms with Crippen LogP contribution < -0.4 is 16.1 Å². The number of hydrogen-bond acceptors (Lipinski definition) is 5. The summed E-state index contributed by atoms with van der Waals surface area (Å²) in [6.45, 7) is 1.99. The number of rotatable bonds is 4. The Bertz CT molecular complexity index is 1180. The first kappa shape index (κ1) is 15.8. The molecule has 0 radical (unpaired) electrons. The molecule has 3 heterocycles. The van der Waals surface area contributed by atoms with Gasteiger partial charge < -0.3 is 9.72 Å². The monoisotopic (exact) mass is 349 g/mol. The molecule has 0 saturated carbocycles. The van der Waals surface area contributed by atoms with Crippen molar-refractivity contribution in [2.75, 3.05) is 6.61 Å². The Balaban J connectivity index is 1.92. The summed E-state index contributed by atoms with van der Waals surface area (Å²) in [5.41, 5.74) is 1.20. The highest BCUT2D eigenvalue weighted by molar-refractivity contribution is 6.17. The molecule has 3 aromatic rings. The van der Waals surface area contributed by atoms with E-state index in [4.69, 9.17) is 4.74 Å². The van der Waals surface area contributed by atoms with E-state index >= 15 is 0 Å². The second kappa shape index (κ2) is 6.32. The lowest BCUT2D eigenvalue weighted by Gasteiger charge is -2.04. The van der Waals surface area contributed by atoms with Crippen LogP contribution in [0.3, 0.4) is 0 Å². The van der Waals surface area contributed by atoms with Crippen LogP contribution in [0.4, 0.5) is 0 Å². The van der Waals surface area contributed by atoms with E-state index in [1.54, 1.807) is 31.5 Å². The van der Waals surface area contributed by atoms with Gasteiger partial charge >= 0.3 is 5.97 Å². The number of benzene rings is 1. The zero-order valence-electron chi connectivity index (χ0n) is 13.9. The quantitative estimate of drug-likeness (QED) is 0.594. The van der Waals surface area contributed by atoms with Crippen LogP contribution in [0.25, 0.3) is 23.2 Å². The van der Waals surface area contributed by atoms with Gasteiger partial charge in [0.25, 0.3) is 5.56 Å². The van der Waals surface area contributed by atoms with Gasteiger partial charge in [0.1, 0.15) is 5.69 Å². The van der Waals surface area contributed by atoms with E-state index in [1.165, 1.54) is 0 Å². The Morgan fingerprint density at radius 3 is 2.88 bits per heavy atom. The number of carbonyl (C=O) groups is 1. The van der Waals surface area contributed by atoms with Gasteiger partial charge in [-0.15, -0.1) is 0 Å². The van der Waals surface area contributed by atoms with Gasteiger partial charge in [-0.3, -0.25) is 15.0 Å². The first-order valence-corrected chi connectivity index (χ1v) is 8.06. The summed E-state index contributed by atoms with van der Waals surface area (Å²) in [4.78, 5) is 36.3. The minimum atomic E-state index is -0.473. The lowest BCUT2D eigenvalue weighted by molar-refractivity contribution is -0.136. The van der Waals surface area contributed by atoms with Gasteiger partial charge in [0, 0.05) is 17.6 Å².